The minimum absolute atomic E-state index is 0.101. The van der Waals surface area contributed by atoms with E-state index in [1.807, 2.05) is 12.1 Å². The minimum Gasteiger partial charge on any atom is -0.282 e. The maximum Gasteiger partial charge on any atom is 0.296 e. The quantitative estimate of drug-likeness (QED) is 0.265. The molecule has 0 aromatic heterocycles. The fourth-order valence-corrected chi connectivity index (χ4v) is 8.42. The van der Waals surface area contributed by atoms with Gasteiger partial charge in [0.1, 0.15) is 9.79 Å². The van der Waals surface area contributed by atoms with Crippen LogP contribution < -0.4 is 4.72 Å². The number of fused-ring (bicyclic) bond motifs is 2. The lowest BCUT2D eigenvalue weighted by Gasteiger charge is -2.21. The zero-order valence-corrected chi connectivity index (χ0v) is 22.3. The predicted molar refractivity (Wildman–Crippen MR) is 138 cm³/mol. The van der Waals surface area contributed by atoms with E-state index in [4.69, 9.17) is 0 Å². The average Bonchev–Trinajstić information content (AvgIpc) is 2.69. The first-order valence-corrected chi connectivity index (χ1v) is 14.4. The Morgan fingerprint density at radius 3 is 1.64 bits per heavy atom. The van der Waals surface area contributed by atoms with Crippen LogP contribution in [0.2, 0.25) is 0 Å². The summed E-state index contributed by atoms with van der Waals surface area (Å²) in [5.41, 5.74) is 0.280. The van der Waals surface area contributed by atoms with Gasteiger partial charge in [-0.1, -0.05) is 48.5 Å². The number of rotatable bonds is 5. The normalized spacial score (nSPS) is 12.7. The standard InChI is InChI=1S/C23H19Br2NO5S2/c1-13(2)26-32(27,28)22-18(24)11-14-7-3-5-9-16(14)20(22)21-17-10-6-4-8-15(17)12-19(25)23(21)33(29,30)31/h3-13,26H,1-2H3,(H,29,30,31). The van der Waals surface area contributed by atoms with Crippen molar-refractivity contribution in [2.24, 2.45) is 0 Å². The van der Waals surface area contributed by atoms with Gasteiger partial charge in [-0.3, -0.25) is 4.55 Å². The summed E-state index contributed by atoms with van der Waals surface area (Å²) >= 11 is 6.69. The Morgan fingerprint density at radius 2 is 1.18 bits per heavy atom. The Labute approximate surface area is 209 Å². The van der Waals surface area contributed by atoms with Crippen LogP contribution in [0.1, 0.15) is 13.8 Å². The van der Waals surface area contributed by atoms with Gasteiger partial charge in [-0.2, -0.15) is 8.42 Å². The molecule has 0 heterocycles. The number of sulfonamides is 1. The Bertz CT molecular complexity index is 1630. The summed E-state index contributed by atoms with van der Waals surface area (Å²) < 4.78 is 65.4. The Morgan fingerprint density at radius 1 is 0.758 bits per heavy atom. The second kappa shape index (κ2) is 8.75. The molecule has 6 nitrogen and oxygen atoms in total. The number of hydrogen-bond acceptors (Lipinski definition) is 4. The second-order valence-corrected chi connectivity index (χ2v) is 12.5. The van der Waals surface area contributed by atoms with Crippen LogP contribution in [0.15, 0.2) is 79.4 Å². The molecule has 4 aromatic rings. The third-order valence-electron chi connectivity index (χ3n) is 5.08. The molecule has 0 aliphatic carbocycles. The topological polar surface area (TPSA) is 101 Å². The molecule has 33 heavy (non-hydrogen) atoms. The molecule has 10 heteroatoms. The zero-order valence-electron chi connectivity index (χ0n) is 17.5. The lowest BCUT2D eigenvalue weighted by molar-refractivity contribution is 0.483. The lowest BCUT2D eigenvalue weighted by atomic mass is 9.93. The molecule has 0 aliphatic rings. The Kier molecular flexibility index (Phi) is 6.45. The van der Waals surface area contributed by atoms with Crippen molar-refractivity contribution in [3.8, 4) is 11.1 Å². The fraction of sp³-hybridized carbons (Fsp3) is 0.130. The molecule has 0 saturated heterocycles. The largest absolute Gasteiger partial charge is 0.296 e. The molecule has 0 atom stereocenters. The van der Waals surface area contributed by atoms with Crippen molar-refractivity contribution in [3.05, 3.63) is 69.6 Å². The summed E-state index contributed by atoms with van der Waals surface area (Å²) in [6, 6.07) is 17.0. The van der Waals surface area contributed by atoms with Crippen molar-refractivity contribution in [1.29, 1.82) is 0 Å². The molecule has 0 bridgehead atoms. The molecular weight excluding hydrogens is 594 g/mol. The third kappa shape index (κ3) is 4.48. The molecule has 4 aromatic carbocycles. The lowest BCUT2D eigenvalue weighted by Crippen LogP contribution is -2.31. The van der Waals surface area contributed by atoms with Crippen molar-refractivity contribution < 1.29 is 21.4 Å². The number of nitrogens with one attached hydrogen (secondary N) is 1. The smallest absolute Gasteiger partial charge is 0.282 e. The van der Waals surface area contributed by atoms with E-state index < -0.39 is 31.1 Å². The van der Waals surface area contributed by atoms with E-state index >= 15 is 0 Å². The molecule has 0 saturated carbocycles. The number of halogens is 2. The van der Waals surface area contributed by atoms with Crippen LogP contribution in [-0.2, 0) is 20.1 Å². The number of hydrogen-bond donors (Lipinski definition) is 2. The van der Waals surface area contributed by atoms with Crippen LogP contribution in [0.5, 0.6) is 0 Å². The average molecular weight is 613 g/mol. The molecule has 0 spiro atoms. The van der Waals surface area contributed by atoms with Gasteiger partial charge >= 0.3 is 0 Å². The highest BCUT2D eigenvalue weighted by Crippen LogP contribution is 2.47. The Balaban J connectivity index is 2.36. The second-order valence-electron chi connectivity index (χ2n) is 7.82. The van der Waals surface area contributed by atoms with Gasteiger partial charge in [-0.05, 0) is 79.4 Å². The first kappa shape index (κ1) is 24.3. The van der Waals surface area contributed by atoms with Crippen molar-refractivity contribution >= 4 is 73.5 Å². The van der Waals surface area contributed by atoms with E-state index in [0.29, 0.717) is 21.5 Å². The van der Waals surface area contributed by atoms with Gasteiger partial charge in [0.2, 0.25) is 10.0 Å². The van der Waals surface area contributed by atoms with Crippen LogP contribution in [-0.4, -0.2) is 27.4 Å². The van der Waals surface area contributed by atoms with Crippen LogP contribution >= 0.6 is 31.9 Å². The van der Waals surface area contributed by atoms with Gasteiger partial charge < -0.3 is 0 Å². The van der Waals surface area contributed by atoms with Gasteiger partial charge in [0, 0.05) is 26.1 Å². The fourth-order valence-electron chi connectivity index (χ4n) is 3.97. The summed E-state index contributed by atoms with van der Waals surface area (Å²) in [7, 11) is -8.84. The highest BCUT2D eigenvalue weighted by Gasteiger charge is 2.31. The van der Waals surface area contributed by atoms with E-state index in [9.17, 15) is 21.4 Å². The predicted octanol–water partition coefficient (Wildman–Crippen LogP) is 6.12. The molecule has 2 N–H and O–H groups in total. The summed E-state index contributed by atoms with van der Waals surface area (Å²) in [6.07, 6.45) is 0. The first-order valence-electron chi connectivity index (χ1n) is 9.84. The van der Waals surface area contributed by atoms with Crippen LogP contribution in [0, 0.1) is 0 Å². The summed E-state index contributed by atoms with van der Waals surface area (Å²) in [6.45, 7) is 3.40. The van der Waals surface area contributed by atoms with Crippen molar-refractivity contribution in [3.63, 3.8) is 0 Å². The number of benzene rings is 4. The monoisotopic (exact) mass is 611 g/mol. The van der Waals surface area contributed by atoms with E-state index in [-0.39, 0.29) is 25.0 Å². The molecule has 0 unspecified atom stereocenters. The van der Waals surface area contributed by atoms with Crippen molar-refractivity contribution in [2.45, 2.75) is 29.7 Å². The molecule has 4 rings (SSSR count). The highest BCUT2D eigenvalue weighted by atomic mass is 79.9. The molecule has 0 aliphatic heterocycles. The van der Waals surface area contributed by atoms with E-state index in [0.717, 1.165) is 0 Å². The van der Waals surface area contributed by atoms with Crippen molar-refractivity contribution in [1.82, 2.24) is 4.72 Å². The summed E-state index contributed by atoms with van der Waals surface area (Å²) in [4.78, 5) is -0.506. The van der Waals surface area contributed by atoms with Gasteiger partial charge in [0.15, 0.2) is 0 Å². The van der Waals surface area contributed by atoms with Gasteiger partial charge in [0.05, 0.1) is 0 Å². The molecule has 0 radical (unpaired) electrons. The van der Waals surface area contributed by atoms with Crippen LogP contribution in [0.4, 0.5) is 0 Å². The third-order valence-corrected chi connectivity index (χ3v) is 9.54. The highest BCUT2D eigenvalue weighted by molar-refractivity contribution is 9.10. The maximum absolute atomic E-state index is 13.5. The maximum atomic E-state index is 13.5. The zero-order chi connectivity index (χ0) is 24.1. The summed E-state index contributed by atoms with van der Waals surface area (Å²) in [5.74, 6) is 0. The summed E-state index contributed by atoms with van der Waals surface area (Å²) in [5, 5.41) is 2.39. The van der Waals surface area contributed by atoms with Crippen molar-refractivity contribution in [2.75, 3.05) is 0 Å². The van der Waals surface area contributed by atoms with Gasteiger partial charge in [-0.25, -0.2) is 13.1 Å². The minimum atomic E-state index is -4.75. The SMILES string of the molecule is CC(C)NS(=O)(=O)c1c(Br)cc2ccccc2c1-c1c(S(=O)(=O)O)c(Br)cc2ccccc12. The van der Waals surface area contributed by atoms with E-state index in [2.05, 4.69) is 36.6 Å². The molecule has 0 amide bonds. The van der Waals surface area contributed by atoms with Gasteiger partial charge in [-0.15, -0.1) is 0 Å². The molecule has 0 fully saturated rings. The molecular formula is C23H19Br2NO5S2. The van der Waals surface area contributed by atoms with E-state index in [1.165, 1.54) is 0 Å². The Hall–Kier alpha value is -1.82. The van der Waals surface area contributed by atoms with Gasteiger partial charge in [0.25, 0.3) is 10.1 Å². The molecule has 172 valence electrons. The van der Waals surface area contributed by atoms with Crippen LogP contribution in [0.25, 0.3) is 32.7 Å². The van der Waals surface area contributed by atoms with Crippen LogP contribution in [0.3, 0.4) is 0 Å². The first-order chi connectivity index (χ1) is 15.4. The van der Waals surface area contributed by atoms with E-state index in [1.54, 1.807) is 62.4 Å².